The van der Waals surface area contributed by atoms with Crippen molar-refractivity contribution < 1.29 is 18.3 Å². The molecule has 168 valence electrons. The van der Waals surface area contributed by atoms with E-state index in [-0.39, 0.29) is 16.6 Å². The van der Waals surface area contributed by atoms with Crippen molar-refractivity contribution in [1.82, 2.24) is 9.62 Å². The van der Waals surface area contributed by atoms with Crippen LogP contribution in [0.25, 0.3) is 0 Å². The van der Waals surface area contributed by atoms with Crippen molar-refractivity contribution in [3.8, 4) is 5.75 Å². The van der Waals surface area contributed by atoms with E-state index in [1.807, 2.05) is 29.6 Å². The quantitative estimate of drug-likeness (QED) is 0.553. The van der Waals surface area contributed by atoms with Crippen molar-refractivity contribution in [2.75, 3.05) is 37.6 Å². The van der Waals surface area contributed by atoms with E-state index in [4.69, 9.17) is 0 Å². The molecule has 7 nitrogen and oxygen atoms in total. The summed E-state index contributed by atoms with van der Waals surface area (Å²) in [5.41, 5.74) is 1.22. The number of aromatic hydroxyl groups is 1. The molecule has 1 saturated heterocycles. The molecule has 0 aliphatic carbocycles. The Morgan fingerprint density at radius 1 is 0.969 bits per heavy atom. The number of rotatable bonds is 7. The van der Waals surface area contributed by atoms with E-state index in [0.717, 1.165) is 10.6 Å². The Bertz CT molecular complexity index is 1150. The highest BCUT2D eigenvalue weighted by atomic mass is 32.2. The van der Waals surface area contributed by atoms with Crippen LogP contribution in [0.4, 0.5) is 5.69 Å². The molecule has 9 heteroatoms. The van der Waals surface area contributed by atoms with E-state index in [2.05, 4.69) is 9.62 Å². The molecule has 2 N–H and O–H groups in total. The number of benzene rings is 2. The van der Waals surface area contributed by atoms with Crippen LogP contribution in [-0.2, 0) is 16.4 Å². The summed E-state index contributed by atoms with van der Waals surface area (Å²) in [7, 11) is -3.62. The smallest absolute Gasteiger partial charge is 0.253 e. The van der Waals surface area contributed by atoms with Crippen LogP contribution in [0.1, 0.15) is 15.2 Å². The number of hydrogen-bond acceptors (Lipinski definition) is 6. The van der Waals surface area contributed by atoms with E-state index in [1.54, 1.807) is 40.5 Å². The molecular weight excluding hydrogens is 446 g/mol. The molecule has 3 aromatic rings. The second-order valence-corrected chi connectivity index (χ2v) is 10.3. The number of nitrogens with one attached hydrogen (secondary N) is 1. The molecule has 0 unspecified atom stereocenters. The third-order valence-electron chi connectivity index (χ3n) is 5.44. The number of amides is 1. The van der Waals surface area contributed by atoms with Crippen molar-refractivity contribution in [1.29, 1.82) is 0 Å². The Kier molecular flexibility index (Phi) is 6.78. The van der Waals surface area contributed by atoms with Gasteiger partial charge in [0.1, 0.15) is 5.75 Å². The molecule has 0 radical (unpaired) electrons. The van der Waals surface area contributed by atoms with Gasteiger partial charge in [-0.15, -0.1) is 11.3 Å². The highest BCUT2D eigenvalue weighted by Gasteiger charge is 2.24. The van der Waals surface area contributed by atoms with Crippen molar-refractivity contribution >= 4 is 33.0 Å². The number of thiophene rings is 1. The molecule has 1 fully saturated rings. The number of piperazine rings is 1. The molecule has 2 aromatic carbocycles. The number of sulfonamides is 1. The maximum absolute atomic E-state index is 12.9. The van der Waals surface area contributed by atoms with Crippen LogP contribution in [0.5, 0.6) is 5.75 Å². The third-order valence-corrected chi connectivity index (χ3v) is 7.86. The highest BCUT2D eigenvalue weighted by molar-refractivity contribution is 7.89. The van der Waals surface area contributed by atoms with E-state index in [0.29, 0.717) is 44.7 Å². The van der Waals surface area contributed by atoms with Crippen molar-refractivity contribution in [2.24, 2.45) is 0 Å². The first-order chi connectivity index (χ1) is 15.4. The zero-order valence-electron chi connectivity index (χ0n) is 17.5. The largest absolute Gasteiger partial charge is 0.506 e. The van der Waals surface area contributed by atoms with E-state index in [9.17, 15) is 18.3 Å². The predicted molar refractivity (Wildman–Crippen MR) is 126 cm³/mol. The monoisotopic (exact) mass is 471 g/mol. The summed E-state index contributed by atoms with van der Waals surface area (Å²) in [6.07, 6.45) is 0.639. The topological polar surface area (TPSA) is 90.0 Å². The van der Waals surface area contributed by atoms with Gasteiger partial charge in [-0.05, 0) is 54.3 Å². The lowest BCUT2D eigenvalue weighted by molar-refractivity contribution is 0.0746. The third kappa shape index (κ3) is 5.12. The van der Waals surface area contributed by atoms with Gasteiger partial charge in [-0.2, -0.15) is 0 Å². The Hall–Kier alpha value is -2.88. The maximum atomic E-state index is 12.9. The highest BCUT2D eigenvalue weighted by Crippen LogP contribution is 2.27. The minimum absolute atomic E-state index is 0.128. The fourth-order valence-electron chi connectivity index (χ4n) is 3.69. The van der Waals surface area contributed by atoms with Gasteiger partial charge in [-0.3, -0.25) is 4.79 Å². The van der Waals surface area contributed by atoms with E-state index >= 15 is 0 Å². The Morgan fingerprint density at radius 2 is 1.69 bits per heavy atom. The van der Waals surface area contributed by atoms with Gasteiger partial charge in [0.05, 0.1) is 10.6 Å². The minimum atomic E-state index is -3.62. The first-order valence-electron chi connectivity index (χ1n) is 10.4. The summed E-state index contributed by atoms with van der Waals surface area (Å²) >= 11 is 1.60. The molecular formula is C23H25N3O4S2. The maximum Gasteiger partial charge on any atom is 0.253 e. The van der Waals surface area contributed by atoms with Crippen molar-refractivity contribution in [2.45, 2.75) is 11.3 Å². The van der Waals surface area contributed by atoms with Crippen LogP contribution < -0.4 is 9.62 Å². The molecule has 1 aromatic heterocycles. The summed E-state index contributed by atoms with van der Waals surface area (Å²) in [5.74, 6) is 0.101. The van der Waals surface area contributed by atoms with Crippen LogP contribution in [0.3, 0.4) is 0 Å². The van der Waals surface area contributed by atoms with Gasteiger partial charge in [0, 0.05) is 43.2 Å². The minimum Gasteiger partial charge on any atom is -0.506 e. The van der Waals surface area contributed by atoms with Crippen molar-refractivity contribution in [3.05, 3.63) is 76.5 Å². The SMILES string of the molecule is O=C(c1ccc(S(=O)(=O)NCCc2cccs2)cc1)N1CCN(c2ccccc2O)CC1. The molecule has 0 atom stereocenters. The van der Waals surface area contributed by atoms with Gasteiger partial charge in [0.2, 0.25) is 10.0 Å². The number of hydrogen-bond donors (Lipinski definition) is 2. The van der Waals surface area contributed by atoms with Crippen LogP contribution in [0.2, 0.25) is 0 Å². The van der Waals surface area contributed by atoms with Gasteiger partial charge in [-0.1, -0.05) is 18.2 Å². The van der Waals surface area contributed by atoms with Gasteiger partial charge >= 0.3 is 0 Å². The molecule has 0 saturated carbocycles. The number of nitrogens with zero attached hydrogens (tertiary/aromatic N) is 2. The molecule has 32 heavy (non-hydrogen) atoms. The lowest BCUT2D eigenvalue weighted by Crippen LogP contribution is -2.48. The Labute approximate surface area is 192 Å². The normalized spacial score (nSPS) is 14.5. The van der Waals surface area contributed by atoms with Crippen LogP contribution in [0.15, 0.2) is 70.9 Å². The van der Waals surface area contributed by atoms with Crippen LogP contribution in [-0.4, -0.2) is 57.1 Å². The summed E-state index contributed by atoms with van der Waals surface area (Å²) < 4.78 is 27.6. The van der Waals surface area contributed by atoms with E-state index in [1.165, 1.54) is 12.1 Å². The molecule has 0 bridgehead atoms. The number of phenolic OH excluding ortho intramolecular Hbond substituents is 1. The summed E-state index contributed by atoms with van der Waals surface area (Å²) in [4.78, 5) is 17.9. The van der Waals surface area contributed by atoms with Gasteiger partial charge in [0.15, 0.2) is 0 Å². The molecule has 1 aliphatic heterocycles. The molecule has 1 aliphatic rings. The number of carbonyl (C=O) groups is 1. The molecule has 4 rings (SSSR count). The summed E-state index contributed by atoms with van der Waals surface area (Å²) in [5, 5.41) is 12.0. The standard InChI is InChI=1S/C23H25N3O4S2/c27-22-6-2-1-5-21(22)25-13-15-26(16-14-25)23(28)18-7-9-20(10-8-18)32(29,30)24-12-11-19-4-3-17-31-19/h1-10,17,24,27H,11-16H2. The predicted octanol–water partition coefficient (Wildman–Crippen LogP) is 2.94. The molecule has 1 amide bonds. The fraction of sp³-hybridized carbons (Fsp3) is 0.261. The Morgan fingerprint density at radius 3 is 2.34 bits per heavy atom. The van der Waals surface area contributed by atoms with Crippen molar-refractivity contribution in [3.63, 3.8) is 0 Å². The number of para-hydroxylation sites is 2. The van der Waals surface area contributed by atoms with Crippen LogP contribution >= 0.6 is 11.3 Å². The van der Waals surface area contributed by atoms with Crippen LogP contribution in [0, 0.1) is 0 Å². The second kappa shape index (κ2) is 9.72. The molecule has 2 heterocycles. The first-order valence-corrected chi connectivity index (χ1v) is 12.7. The lowest BCUT2D eigenvalue weighted by atomic mass is 10.1. The number of carbonyl (C=O) groups excluding carboxylic acids is 1. The second-order valence-electron chi connectivity index (χ2n) is 7.52. The zero-order chi connectivity index (χ0) is 22.6. The average Bonchev–Trinajstić information content (AvgIpc) is 3.33. The Balaban J connectivity index is 1.33. The van der Waals surface area contributed by atoms with Gasteiger partial charge in [0.25, 0.3) is 5.91 Å². The average molecular weight is 472 g/mol. The molecule has 0 spiro atoms. The zero-order valence-corrected chi connectivity index (χ0v) is 19.1. The summed E-state index contributed by atoms with van der Waals surface area (Å²) in [6.45, 7) is 2.60. The fourth-order valence-corrected chi connectivity index (χ4v) is 5.43. The van der Waals surface area contributed by atoms with E-state index < -0.39 is 10.0 Å². The van der Waals surface area contributed by atoms with Gasteiger partial charge in [-0.25, -0.2) is 13.1 Å². The number of anilines is 1. The number of phenols is 1. The van der Waals surface area contributed by atoms with Gasteiger partial charge < -0.3 is 14.9 Å². The lowest BCUT2D eigenvalue weighted by Gasteiger charge is -2.36. The summed E-state index contributed by atoms with van der Waals surface area (Å²) in [6, 6.07) is 17.1. The first kappa shape index (κ1) is 22.3.